The van der Waals surface area contributed by atoms with Crippen LogP contribution in [0.25, 0.3) is 0 Å². The third-order valence-electron chi connectivity index (χ3n) is 3.94. The number of thiocarbonyl (C=S) groups is 1. The topological polar surface area (TPSA) is 39.8 Å². The Morgan fingerprint density at radius 2 is 2.04 bits per heavy atom. The summed E-state index contributed by atoms with van der Waals surface area (Å²) in [6, 6.07) is 5.52. The van der Waals surface area contributed by atoms with Crippen LogP contribution in [0, 0.1) is 0 Å². The van der Waals surface area contributed by atoms with Crippen LogP contribution in [-0.2, 0) is 0 Å². The number of rotatable bonds is 6. The van der Waals surface area contributed by atoms with Gasteiger partial charge in [0.2, 0.25) is 0 Å². The van der Waals surface area contributed by atoms with Gasteiger partial charge in [-0.1, -0.05) is 11.6 Å². The summed E-state index contributed by atoms with van der Waals surface area (Å²) in [4.78, 5) is 4.87. The summed E-state index contributed by atoms with van der Waals surface area (Å²) in [5, 5.41) is 7.56. The van der Waals surface area contributed by atoms with Crippen molar-refractivity contribution in [1.82, 2.24) is 15.1 Å². The fraction of sp³-hybridized carbons (Fsp3) is 0.562. The van der Waals surface area contributed by atoms with E-state index in [1.54, 1.807) is 13.2 Å². The highest BCUT2D eigenvalue weighted by molar-refractivity contribution is 7.80. The summed E-state index contributed by atoms with van der Waals surface area (Å²) in [7, 11) is 3.77. The lowest BCUT2D eigenvalue weighted by Crippen LogP contribution is -2.45. The van der Waals surface area contributed by atoms with Crippen LogP contribution in [0.3, 0.4) is 0 Å². The molecule has 1 heterocycles. The summed E-state index contributed by atoms with van der Waals surface area (Å²) in [5.41, 5.74) is 0.854. The average Bonchev–Trinajstić information content (AvgIpc) is 2.53. The monoisotopic (exact) mass is 356 g/mol. The highest BCUT2D eigenvalue weighted by Gasteiger charge is 2.12. The first-order valence-corrected chi connectivity index (χ1v) is 8.66. The van der Waals surface area contributed by atoms with Gasteiger partial charge in [-0.3, -0.25) is 0 Å². The Labute approximate surface area is 148 Å². The molecule has 5 nitrogen and oxygen atoms in total. The molecule has 0 radical (unpaired) electrons. The van der Waals surface area contributed by atoms with Crippen LogP contribution >= 0.6 is 23.8 Å². The minimum atomic E-state index is 0.565. The quantitative estimate of drug-likeness (QED) is 0.602. The second kappa shape index (κ2) is 9.27. The first-order valence-electron chi connectivity index (χ1n) is 7.88. The van der Waals surface area contributed by atoms with E-state index in [0.717, 1.165) is 51.4 Å². The standard InChI is InChI=1S/C16H25ClN4OS/c1-20-8-10-21(11-9-20)7-3-6-18-16(23)19-13-4-5-15(22-2)14(17)12-13/h4-5,12H,3,6-11H2,1-2H3,(H2,18,19,23). The second-order valence-electron chi connectivity index (χ2n) is 5.73. The predicted octanol–water partition coefficient (Wildman–Crippen LogP) is 2.27. The number of methoxy groups -OCH3 is 1. The maximum absolute atomic E-state index is 6.10. The van der Waals surface area contributed by atoms with Crippen molar-refractivity contribution in [2.75, 3.05) is 58.7 Å². The zero-order chi connectivity index (χ0) is 16.7. The Kier molecular flexibility index (Phi) is 7.36. The van der Waals surface area contributed by atoms with Crippen molar-refractivity contribution in [3.05, 3.63) is 23.2 Å². The lowest BCUT2D eigenvalue weighted by molar-refractivity contribution is 0.153. The van der Waals surface area contributed by atoms with Gasteiger partial charge in [0.05, 0.1) is 12.1 Å². The maximum Gasteiger partial charge on any atom is 0.170 e. The number of halogens is 1. The van der Waals surface area contributed by atoms with Crippen molar-refractivity contribution >= 4 is 34.6 Å². The molecule has 1 saturated heterocycles. The number of benzene rings is 1. The Morgan fingerprint density at radius 1 is 1.30 bits per heavy atom. The van der Waals surface area contributed by atoms with Crippen molar-refractivity contribution in [2.45, 2.75) is 6.42 Å². The highest BCUT2D eigenvalue weighted by atomic mass is 35.5. The SMILES string of the molecule is COc1ccc(NC(=S)NCCCN2CCN(C)CC2)cc1Cl. The van der Waals surface area contributed by atoms with Crippen LogP contribution < -0.4 is 15.4 Å². The van der Waals surface area contributed by atoms with Crippen molar-refractivity contribution in [2.24, 2.45) is 0 Å². The minimum Gasteiger partial charge on any atom is -0.495 e. The molecule has 0 bridgehead atoms. The van der Waals surface area contributed by atoms with Crippen LogP contribution in [0.2, 0.25) is 5.02 Å². The van der Waals surface area contributed by atoms with Crippen LogP contribution in [0.4, 0.5) is 5.69 Å². The van der Waals surface area contributed by atoms with E-state index in [-0.39, 0.29) is 0 Å². The first kappa shape index (κ1) is 18.3. The van der Waals surface area contributed by atoms with Gasteiger partial charge in [-0.05, 0) is 50.4 Å². The average molecular weight is 357 g/mol. The molecule has 23 heavy (non-hydrogen) atoms. The minimum absolute atomic E-state index is 0.565. The van der Waals surface area contributed by atoms with Gasteiger partial charge >= 0.3 is 0 Å². The van der Waals surface area contributed by atoms with Crippen molar-refractivity contribution in [3.8, 4) is 5.75 Å². The van der Waals surface area contributed by atoms with Gasteiger partial charge in [-0.15, -0.1) is 0 Å². The van der Waals surface area contributed by atoms with E-state index < -0.39 is 0 Å². The second-order valence-corrected chi connectivity index (χ2v) is 6.54. The Morgan fingerprint density at radius 3 is 2.70 bits per heavy atom. The number of likely N-dealkylation sites (N-methyl/N-ethyl adjacent to an activating group) is 1. The molecule has 0 aliphatic carbocycles. The Hall–Kier alpha value is -1.08. The van der Waals surface area contributed by atoms with Gasteiger partial charge in [-0.25, -0.2) is 0 Å². The summed E-state index contributed by atoms with van der Waals surface area (Å²) in [6.07, 6.45) is 1.08. The number of ether oxygens (including phenoxy) is 1. The van der Waals surface area contributed by atoms with E-state index in [2.05, 4.69) is 27.5 Å². The molecule has 7 heteroatoms. The molecule has 2 N–H and O–H groups in total. The number of nitrogens with zero attached hydrogens (tertiary/aromatic N) is 2. The molecule has 0 amide bonds. The van der Waals surface area contributed by atoms with E-state index in [1.807, 2.05) is 12.1 Å². The maximum atomic E-state index is 6.10. The van der Waals surface area contributed by atoms with E-state index >= 15 is 0 Å². The predicted molar refractivity (Wildman–Crippen MR) is 101 cm³/mol. The fourth-order valence-corrected chi connectivity index (χ4v) is 2.97. The highest BCUT2D eigenvalue weighted by Crippen LogP contribution is 2.27. The van der Waals surface area contributed by atoms with E-state index in [0.29, 0.717) is 15.9 Å². The van der Waals surface area contributed by atoms with Crippen LogP contribution in [0.5, 0.6) is 5.75 Å². The van der Waals surface area contributed by atoms with Gasteiger partial charge in [-0.2, -0.15) is 0 Å². The smallest absolute Gasteiger partial charge is 0.170 e. The molecule has 0 spiro atoms. The van der Waals surface area contributed by atoms with Gasteiger partial charge in [0.1, 0.15) is 5.75 Å². The van der Waals surface area contributed by atoms with E-state index in [1.165, 1.54) is 0 Å². The summed E-state index contributed by atoms with van der Waals surface area (Å²) < 4.78 is 5.13. The molecule has 0 saturated carbocycles. The van der Waals surface area contributed by atoms with Gasteiger partial charge in [0.25, 0.3) is 0 Å². The van der Waals surface area contributed by atoms with Crippen molar-refractivity contribution in [3.63, 3.8) is 0 Å². The molecule has 2 rings (SSSR count). The molecule has 0 aromatic heterocycles. The summed E-state index contributed by atoms with van der Waals surface area (Å²) in [5.74, 6) is 0.656. The largest absolute Gasteiger partial charge is 0.495 e. The third-order valence-corrected chi connectivity index (χ3v) is 4.48. The first-order chi connectivity index (χ1) is 11.1. The summed E-state index contributed by atoms with van der Waals surface area (Å²) in [6.45, 7) is 6.60. The number of hydrogen-bond donors (Lipinski definition) is 2. The van der Waals surface area contributed by atoms with Gasteiger partial charge < -0.3 is 25.2 Å². The van der Waals surface area contributed by atoms with Gasteiger partial charge in [0, 0.05) is 38.4 Å². The zero-order valence-electron chi connectivity index (χ0n) is 13.8. The molecule has 1 fully saturated rings. The molecule has 1 aliphatic heterocycles. The molecule has 1 aromatic carbocycles. The number of hydrogen-bond acceptors (Lipinski definition) is 4. The lowest BCUT2D eigenvalue weighted by atomic mass is 10.3. The fourth-order valence-electron chi connectivity index (χ4n) is 2.50. The van der Waals surface area contributed by atoms with Crippen molar-refractivity contribution in [1.29, 1.82) is 0 Å². The lowest BCUT2D eigenvalue weighted by Gasteiger charge is -2.32. The van der Waals surface area contributed by atoms with Crippen molar-refractivity contribution < 1.29 is 4.74 Å². The number of nitrogens with one attached hydrogen (secondary N) is 2. The molecular weight excluding hydrogens is 332 g/mol. The van der Waals surface area contributed by atoms with Crippen LogP contribution in [0.1, 0.15) is 6.42 Å². The van der Waals surface area contributed by atoms with Crippen LogP contribution in [0.15, 0.2) is 18.2 Å². The van der Waals surface area contributed by atoms with Crippen LogP contribution in [-0.4, -0.2) is 68.3 Å². The molecule has 0 atom stereocenters. The number of anilines is 1. The zero-order valence-corrected chi connectivity index (χ0v) is 15.3. The number of piperazine rings is 1. The van der Waals surface area contributed by atoms with E-state index in [4.69, 9.17) is 28.6 Å². The third kappa shape index (κ3) is 6.14. The molecule has 128 valence electrons. The molecule has 0 unspecified atom stereocenters. The normalized spacial score (nSPS) is 16.1. The Bertz CT molecular complexity index is 521. The summed E-state index contributed by atoms with van der Waals surface area (Å²) >= 11 is 11.4. The Balaban J connectivity index is 1.64. The molecule has 1 aliphatic rings. The molecule has 1 aromatic rings. The molecular formula is C16H25ClN4OS. The van der Waals surface area contributed by atoms with E-state index in [9.17, 15) is 0 Å². The van der Waals surface area contributed by atoms with Gasteiger partial charge in [0.15, 0.2) is 5.11 Å².